The first-order valence-corrected chi connectivity index (χ1v) is 15.2. The Kier molecular flexibility index (Phi) is 10.9. The Hall–Kier alpha value is -2.93. The molecule has 2 aliphatic heterocycles. The number of hydrogen-bond donors (Lipinski definition) is 12. The fourth-order valence-electron chi connectivity index (χ4n) is 5.69. The second kappa shape index (κ2) is 13.9. The van der Waals surface area contributed by atoms with Gasteiger partial charge in [0, 0.05) is 0 Å². The maximum Gasteiger partial charge on any atom is 0.446 e. The van der Waals surface area contributed by atoms with Crippen LogP contribution in [0.2, 0.25) is 0 Å². The molecular weight excluding hydrogens is 660 g/mol. The van der Waals surface area contributed by atoms with Crippen molar-refractivity contribution >= 4 is 28.0 Å². The molecule has 13 unspecified atom stereocenters. The molecule has 2 fully saturated rings. The smallest absolute Gasteiger partial charge is 0.446 e. The highest BCUT2D eigenvalue weighted by atomic mass is 32.3. The molecule has 0 radical (unpaired) electrons. The first-order chi connectivity index (χ1) is 21.8. The van der Waals surface area contributed by atoms with Gasteiger partial charge in [-0.2, -0.15) is 8.42 Å². The van der Waals surface area contributed by atoms with E-state index in [-0.39, 0.29) is 11.3 Å². The molecular formula is C27H34O19S. The highest BCUT2D eigenvalue weighted by molar-refractivity contribution is 7.81. The van der Waals surface area contributed by atoms with Crippen LogP contribution < -0.4 is 4.18 Å². The van der Waals surface area contributed by atoms with Crippen LogP contribution in [0.25, 0.3) is 6.08 Å². The number of aliphatic hydroxyl groups excluding tert-OH is 10. The Labute approximate surface area is 265 Å². The molecule has 19 nitrogen and oxygen atoms in total. The lowest BCUT2D eigenvalue weighted by Gasteiger charge is -2.51. The van der Waals surface area contributed by atoms with Gasteiger partial charge < -0.3 is 69.8 Å². The van der Waals surface area contributed by atoms with Gasteiger partial charge in [-0.15, -0.1) is 0 Å². The summed E-state index contributed by atoms with van der Waals surface area (Å²) in [6, 6.07) is 4.56. The van der Waals surface area contributed by atoms with E-state index in [0.29, 0.717) is 6.08 Å². The van der Waals surface area contributed by atoms with E-state index in [2.05, 4.69) is 4.18 Å². The van der Waals surface area contributed by atoms with Gasteiger partial charge in [-0.05, 0) is 23.8 Å². The monoisotopic (exact) mass is 694 g/mol. The molecule has 47 heavy (non-hydrogen) atoms. The van der Waals surface area contributed by atoms with E-state index in [0.717, 1.165) is 18.2 Å². The summed E-state index contributed by atoms with van der Waals surface area (Å²) in [6.07, 6.45) is -21.8. The van der Waals surface area contributed by atoms with Crippen LogP contribution in [-0.4, -0.2) is 167 Å². The van der Waals surface area contributed by atoms with Gasteiger partial charge in [-0.3, -0.25) is 14.1 Å². The van der Waals surface area contributed by atoms with Gasteiger partial charge in [-0.25, -0.2) is 0 Å². The molecule has 0 spiro atoms. The SMILES string of the molecule is O=C(/C=C/c1ccc(OS(=O)(=O)O)cc1)C1C(=O)C(C(O)C2OCC(O)C(O)C2O)=C(O)C(O)(C2OC(CO)C(O)C(O)C2O)C1O. The third-order valence-corrected chi connectivity index (χ3v) is 8.65. The Bertz CT molecular complexity index is 1490. The number of allylic oxidation sites excluding steroid dienone is 1. The fourth-order valence-corrected chi connectivity index (χ4v) is 6.04. The molecule has 13 atom stereocenters. The van der Waals surface area contributed by atoms with Crippen molar-refractivity contribution in [1.82, 2.24) is 0 Å². The number of benzene rings is 1. The van der Waals surface area contributed by atoms with E-state index >= 15 is 0 Å². The summed E-state index contributed by atoms with van der Waals surface area (Å²) >= 11 is 0. The maximum atomic E-state index is 13.7. The third-order valence-electron chi connectivity index (χ3n) is 8.25. The standard InChI is InChI=1S/C27H34O19S/c28-7-13-17(32)20(35)22(37)26(45-13)27(40)24(38)14(11(29)6-3-9-1-4-10(5-2-9)46-47(41,42)43)18(33)15(25(27)39)19(34)23-21(36)16(31)12(30)8-44-23/h1-6,12-14,16-17,19-24,26,28,30-32,34-40H,7-8H2,(H,41,42,43)/b6-3+. The van der Waals surface area contributed by atoms with E-state index in [9.17, 15) is 74.2 Å². The Morgan fingerprint density at radius 2 is 1.62 bits per heavy atom. The first kappa shape index (κ1) is 36.9. The minimum atomic E-state index is -4.84. The van der Waals surface area contributed by atoms with Crippen molar-refractivity contribution in [3.8, 4) is 5.75 Å². The number of rotatable bonds is 9. The summed E-state index contributed by atoms with van der Waals surface area (Å²) in [6.45, 7) is -1.73. The molecule has 0 bridgehead atoms. The van der Waals surface area contributed by atoms with E-state index in [1.807, 2.05) is 0 Å². The zero-order valence-corrected chi connectivity index (χ0v) is 24.8. The Morgan fingerprint density at radius 1 is 1.00 bits per heavy atom. The molecule has 2 saturated heterocycles. The van der Waals surface area contributed by atoms with E-state index in [1.165, 1.54) is 12.1 Å². The van der Waals surface area contributed by atoms with Crippen LogP contribution in [0.4, 0.5) is 0 Å². The predicted molar refractivity (Wildman–Crippen MR) is 149 cm³/mol. The predicted octanol–water partition coefficient (Wildman–Crippen LogP) is -5.76. The average molecular weight is 695 g/mol. The molecule has 20 heteroatoms. The molecule has 4 rings (SSSR count). The van der Waals surface area contributed by atoms with Gasteiger partial charge in [0.05, 0.1) is 18.8 Å². The van der Waals surface area contributed by atoms with Crippen molar-refractivity contribution in [2.45, 2.75) is 72.7 Å². The average Bonchev–Trinajstić information content (AvgIpc) is 3.00. The lowest BCUT2D eigenvalue weighted by Crippen LogP contribution is -2.72. The van der Waals surface area contributed by atoms with Crippen LogP contribution >= 0.6 is 0 Å². The zero-order valence-electron chi connectivity index (χ0n) is 23.9. The molecule has 1 aromatic carbocycles. The van der Waals surface area contributed by atoms with Crippen molar-refractivity contribution in [3.63, 3.8) is 0 Å². The Morgan fingerprint density at radius 3 is 2.19 bits per heavy atom. The summed E-state index contributed by atoms with van der Waals surface area (Å²) in [5.74, 6) is -7.21. The minimum Gasteiger partial charge on any atom is -0.508 e. The number of carbonyl (C=O) groups excluding carboxylic acids is 2. The number of Topliss-reactive ketones (excluding diaryl/α,β-unsaturated/α-hetero) is 1. The first-order valence-electron chi connectivity index (χ1n) is 13.9. The molecule has 0 saturated carbocycles. The molecule has 0 amide bonds. The van der Waals surface area contributed by atoms with Crippen LogP contribution in [0.1, 0.15) is 5.56 Å². The Balaban J connectivity index is 1.77. The summed E-state index contributed by atoms with van der Waals surface area (Å²) in [5.41, 5.74) is -4.56. The fraction of sp³-hybridized carbons (Fsp3) is 0.556. The van der Waals surface area contributed by atoms with Gasteiger partial charge in [0.2, 0.25) is 0 Å². The largest absolute Gasteiger partial charge is 0.508 e. The molecule has 1 aliphatic carbocycles. The quantitative estimate of drug-likeness (QED) is 0.0650. The minimum absolute atomic E-state index is 0.160. The van der Waals surface area contributed by atoms with Crippen LogP contribution in [0, 0.1) is 5.92 Å². The van der Waals surface area contributed by atoms with Crippen LogP contribution in [-0.2, 0) is 29.5 Å². The summed E-state index contributed by atoms with van der Waals surface area (Å²) in [7, 11) is -4.84. The maximum absolute atomic E-state index is 13.7. The van der Waals surface area contributed by atoms with Crippen molar-refractivity contribution in [2.75, 3.05) is 13.2 Å². The van der Waals surface area contributed by atoms with Crippen LogP contribution in [0.15, 0.2) is 41.7 Å². The summed E-state index contributed by atoms with van der Waals surface area (Å²) in [5, 5.41) is 117. The normalized spacial score (nSPS) is 39.2. The van der Waals surface area contributed by atoms with E-state index in [4.69, 9.17) is 14.0 Å². The molecule has 2 heterocycles. The highest BCUT2D eigenvalue weighted by Gasteiger charge is 2.65. The molecule has 0 aromatic heterocycles. The van der Waals surface area contributed by atoms with Crippen molar-refractivity contribution in [2.24, 2.45) is 5.92 Å². The van der Waals surface area contributed by atoms with Crippen molar-refractivity contribution in [1.29, 1.82) is 0 Å². The highest BCUT2D eigenvalue weighted by Crippen LogP contribution is 2.44. The number of aliphatic hydroxyl groups is 11. The van der Waals surface area contributed by atoms with Crippen molar-refractivity contribution < 1.29 is 92.4 Å². The second-order valence-electron chi connectivity index (χ2n) is 11.2. The molecule has 1 aromatic rings. The van der Waals surface area contributed by atoms with Crippen molar-refractivity contribution in [3.05, 3.63) is 47.2 Å². The van der Waals surface area contributed by atoms with Gasteiger partial charge >= 0.3 is 10.4 Å². The van der Waals surface area contributed by atoms with Gasteiger partial charge in [0.15, 0.2) is 17.2 Å². The van der Waals surface area contributed by atoms with E-state index < -0.39 is 125 Å². The van der Waals surface area contributed by atoms with Gasteiger partial charge in [-0.1, -0.05) is 18.2 Å². The van der Waals surface area contributed by atoms with Gasteiger partial charge in [0.1, 0.15) is 84.6 Å². The van der Waals surface area contributed by atoms with Crippen LogP contribution in [0.3, 0.4) is 0 Å². The molecule has 262 valence electrons. The van der Waals surface area contributed by atoms with Crippen LogP contribution in [0.5, 0.6) is 5.75 Å². The lowest BCUT2D eigenvalue weighted by atomic mass is 9.66. The molecule has 12 N–H and O–H groups in total. The number of carbonyl (C=O) groups is 2. The molecule has 3 aliphatic rings. The summed E-state index contributed by atoms with van der Waals surface area (Å²) in [4.78, 5) is 27.2. The second-order valence-corrected chi connectivity index (χ2v) is 12.3. The number of ether oxygens (including phenoxy) is 2. The van der Waals surface area contributed by atoms with Gasteiger partial charge in [0.25, 0.3) is 0 Å². The number of ketones is 2. The van der Waals surface area contributed by atoms with E-state index in [1.54, 1.807) is 0 Å². The topological polar surface area (TPSA) is 339 Å². The lowest BCUT2D eigenvalue weighted by molar-refractivity contribution is -0.285. The number of hydrogen-bond acceptors (Lipinski definition) is 18. The zero-order chi connectivity index (χ0) is 35.2. The third kappa shape index (κ3) is 6.97. The summed E-state index contributed by atoms with van der Waals surface area (Å²) < 4.78 is 45.3.